The van der Waals surface area contributed by atoms with Crippen LogP contribution in [0.15, 0.2) is 65.6 Å². The highest BCUT2D eigenvalue weighted by atomic mass is 35.5. The SMILES string of the molecule is COc1cc(CN(C)C(=O)COc2ccc(S(=O)(=O)Nc3ccc(Cl)cc3)cc2)cc(OC)c1OC. The Morgan fingerprint density at radius 1 is 0.917 bits per heavy atom. The normalized spacial score (nSPS) is 10.9. The van der Waals surface area contributed by atoms with Gasteiger partial charge in [0, 0.05) is 24.3 Å². The average molecular weight is 535 g/mol. The molecule has 0 aromatic heterocycles. The number of anilines is 1. The summed E-state index contributed by atoms with van der Waals surface area (Å²) in [5.41, 5.74) is 1.17. The lowest BCUT2D eigenvalue weighted by molar-refractivity contribution is -0.132. The highest BCUT2D eigenvalue weighted by Gasteiger charge is 2.17. The van der Waals surface area contributed by atoms with Crippen LogP contribution in [0.1, 0.15) is 5.56 Å². The second kappa shape index (κ2) is 11.9. The van der Waals surface area contributed by atoms with Gasteiger partial charge in [0.05, 0.1) is 26.2 Å². The van der Waals surface area contributed by atoms with Crippen LogP contribution >= 0.6 is 11.6 Å². The van der Waals surface area contributed by atoms with E-state index in [1.807, 2.05) is 0 Å². The smallest absolute Gasteiger partial charge is 0.261 e. The van der Waals surface area contributed by atoms with Gasteiger partial charge in [0.15, 0.2) is 18.1 Å². The number of benzene rings is 3. The number of nitrogens with one attached hydrogen (secondary N) is 1. The molecule has 192 valence electrons. The summed E-state index contributed by atoms with van der Waals surface area (Å²) >= 11 is 5.83. The van der Waals surface area contributed by atoms with Crippen LogP contribution in [0.5, 0.6) is 23.0 Å². The summed E-state index contributed by atoms with van der Waals surface area (Å²) in [6.45, 7) is 0.0580. The molecule has 0 saturated heterocycles. The second-order valence-electron chi connectivity index (χ2n) is 7.66. The first-order chi connectivity index (χ1) is 17.2. The Hall–Kier alpha value is -3.63. The van der Waals surface area contributed by atoms with Crippen molar-refractivity contribution in [3.05, 3.63) is 71.2 Å². The quantitative estimate of drug-likeness (QED) is 0.393. The Morgan fingerprint density at radius 2 is 1.50 bits per heavy atom. The molecule has 0 aliphatic carbocycles. The summed E-state index contributed by atoms with van der Waals surface area (Å²) in [5, 5.41) is 0.503. The predicted molar refractivity (Wildman–Crippen MR) is 137 cm³/mol. The molecule has 0 aliphatic rings. The number of hydrogen-bond donors (Lipinski definition) is 1. The van der Waals surface area contributed by atoms with E-state index in [2.05, 4.69) is 4.72 Å². The molecule has 0 atom stereocenters. The van der Waals surface area contributed by atoms with Crippen LogP contribution in [-0.2, 0) is 21.4 Å². The van der Waals surface area contributed by atoms with Crippen molar-refractivity contribution in [3.8, 4) is 23.0 Å². The number of methoxy groups -OCH3 is 3. The van der Waals surface area contributed by atoms with Crippen molar-refractivity contribution in [2.45, 2.75) is 11.4 Å². The molecule has 3 aromatic rings. The number of rotatable bonds is 11. The molecule has 0 spiro atoms. The van der Waals surface area contributed by atoms with E-state index >= 15 is 0 Å². The molecule has 0 aliphatic heterocycles. The summed E-state index contributed by atoms with van der Waals surface area (Å²) in [7, 11) is 2.42. The van der Waals surface area contributed by atoms with E-state index in [1.165, 1.54) is 50.5 Å². The third-order valence-corrected chi connectivity index (χ3v) is 6.81. The third-order valence-electron chi connectivity index (χ3n) is 5.16. The predicted octanol–water partition coefficient (Wildman–Crippen LogP) is 4.20. The van der Waals surface area contributed by atoms with Crippen molar-refractivity contribution >= 4 is 33.2 Å². The monoisotopic (exact) mass is 534 g/mol. The van der Waals surface area contributed by atoms with Gasteiger partial charge in [-0.25, -0.2) is 8.42 Å². The molecule has 0 heterocycles. The van der Waals surface area contributed by atoms with Gasteiger partial charge in [-0.2, -0.15) is 0 Å². The average Bonchev–Trinajstić information content (AvgIpc) is 2.88. The van der Waals surface area contributed by atoms with Gasteiger partial charge in [0.1, 0.15) is 5.75 Å². The minimum atomic E-state index is -3.79. The molecule has 0 radical (unpaired) electrons. The van der Waals surface area contributed by atoms with E-state index in [9.17, 15) is 13.2 Å². The topological polar surface area (TPSA) is 103 Å². The van der Waals surface area contributed by atoms with E-state index in [-0.39, 0.29) is 24.0 Å². The lowest BCUT2D eigenvalue weighted by Gasteiger charge is -2.20. The number of nitrogens with zero attached hydrogens (tertiary/aromatic N) is 1. The number of carbonyl (C=O) groups is 1. The summed E-state index contributed by atoms with van der Waals surface area (Å²) in [5.74, 6) is 1.53. The molecular formula is C25H27ClN2O7S. The zero-order chi connectivity index (χ0) is 26.3. The first-order valence-corrected chi connectivity index (χ1v) is 12.6. The molecule has 3 aromatic carbocycles. The molecule has 11 heteroatoms. The molecule has 1 N–H and O–H groups in total. The highest BCUT2D eigenvalue weighted by molar-refractivity contribution is 7.92. The van der Waals surface area contributed by atoms with Crippen molar-refractivity contribution in [1.82, 2.24) is 4.90 Å². The molecule has 0 saturated carbocycles. The molecule has 0 bridgehead atoms. The molecule has 0 unspecified atom stereocenters. The number of ether oxygens (including phenoxy) is 4. The Morgan fingerprint density at radius 3 is 2.03 bits per heavy atom. The number of hydrogen-bond acceptors (Lipinski definition) is 7. The minimum absolute atomic E-state index is 0.0515. The first-order valence-electron chi connectivity index (χ1n) is 10.7. The molecule has 1 amide bonds. The van der Waals surface area contributed by atoms with Gasteiger partial charge in [-0.1, -0.05) is 11.6 Å². The van der Waals surface area contributed by atoms with Crippen molar-refractivity contribution in [2.24, 2.45) is 0 Å². The Balaban J connectivity index is 1.59. The van der Waals surface area contributed by atoms with Crippen LogP contribution in [0.3, 0.4) is 0 Å². The Labute approximate surface area is 215 Å². The van der Waals surface area contributed by atoms with Crippen molar-refractivity contribution in [1.29, 1.82) is 0 Å². The van der Waals surface area contributed by atoms with Crippen LogP contribution in [0.2, 0.25) is 5.02 Å². The number of carbonyl (C=O) groups excluding carboxylic acids is 1. The molecule has 9 nitrogen and oxygen atoms in total. The number of likely N-dealkylation sites (N-methyl/N-ethyl adjacent to an activating group) is 1. The van der Waals surface area contributed by atoms with E-state index in [0.717, 1.165) is 5.56 Å². The van der Waals surface area contributed by atoms with E-state index in [4.69, 9.17) is 30.5 Å². The molecule has 3 rings (SSSR count). The standard InChI is InChI=1S/C25H27ClN2O7S/c1-28(15-17-13-22(32-2)25(34-4)23(14-17)33-3)24(29)16-35-20-9-11-21(12-10-20)36(30,31)27-19-7-5-18(26)6-8-19/h5-14,27H,15-16H2,1-4H3. The summed E-state index contributed by atoms with van der Waals surface area (Å²) in [6.07, 6.45) is 0. The van der Waals surface area contributed by atoms with Gasteiger partial charge in [-0.05, 0) is 66.2 Å². The van der Waals surface area contributed by atoms with E-state index in [0.29, 0.717) is 33.7 Å². The zero-order valence-corrected chi connectivity index (χ0v) is 21.9. The number of amides is 1. The fourth-order valence-electron chi connectivity index (χ4n) is 3.29. The largest absolute Gasteiger partial charge is 0.493 e. The minimum Gasteiger partial charge on any atom is -0.493 e. The van der Waals surface area contributed by atoms with E-state index < -0.39 is 10.0 Å². The summed E-state index contributed by atoms with van der Waals surface area (Å²) in [4.78, 5) is 14.2. The third kappa shape index (κ3) is 6.73. The first kappa shape index (κ1) is 27.0. The lowest BCUT2D eigenvalue weighted by atomic mass is 10.1. The number of halogens is 1. The maximum atomic E-state index is 12.6. The van der Waals surface area contributed by atoms with Crippen LogP contribution in [0, 0.1) is 0 Å². The number of sulfonamides is 1. The van der Waals surface area contributed by atoms with Crippen molar-refractivity contribution in [2.75, 3.05) is 39.7 Å². The molecule has 0 fully saturated rings. The van der Waals surface area contributed by atoms with Crippen LogP contribution in [-0.4, -0.2) is 54.2 Å². The van der Waals surface area contributed by atoms with Gasteiger partial charge >= 0.3 is 0 Å². The van der Waals surface area contributed by atoms with Gasteiger partial charge in [-0.15, -0.1) is 0 Å². The lowest BCUT2D eigenvalue weighted by Crippen LogP contribution is -2.31. The fraction of sp³-hybridized carbons (Fsp3) is 0.240. The van der Waals surface area contributed by atoms with Gasteiger partial charge in [0.25, 0.3) is 15.9 Å². The maximum absolute atomic E-state index is 12.6. The Kier molecular flexibility index (Phi) is 8.89. The molecule has 36 heavy (non-hydrogen) atoms. The van der Waals surface area contributed by atoms with Gasteiger partial charge < -0.3 is 23.8 Å². The van der Waals surface area contributed by atoms with E-state index in [1.54, 1.807) is 43.4 Å². The van der Waals surface area contributed by atoms with Crippen molar-refractivity contribution in [3.63, 3.8) is 0 Å². The summed E-state index contributed by atoms with van der Waals surface area (Å²) in [6, 6.07) is 15.6. The highest BCUT2D eigenvalue weighted by Crippen LogP contribution is 2.38. The summed E-state index contributed by atoms with van der Waals surface area (Å²) < 4.78 is 49.2. The van der Waals surface area contributed by atoms with Crippen LogP contribution in [0.4, 0.5) is 5.69 Å². The van der Waals surface area contributed by atoms with Crippen molar-refractivity contribution < 1.29 is 32.2 Å². The van der Waals surface area contributed by atoms with Gasteiger partial charge in [-0.3, -0.25) is 9.52 Å². The maximum Gasteiger partial charge on any atom is 0.261 e. The molecular weight excluding hydrogens is 508 g/mol. The Bertz CT molecular complexity index is 1270. The fourth-order valence-corrected chi connectivity index (χ4v) is 4.48. The zero-order valence-electron chi connectivity index (χ0n) is 20.3. The van der Waals surface area contributed by atoms with Crippen LogP contribution in [0.25, 0.3) is 0 Å². The second-order valence-corrected chi connectivity index (χ2v) is 9.77. The van der Waals surface area contributed by atoms with Crippen LogP contribution < -0.4 is 23.7 Å². The van der Waals surface area contributed by atoms with Gasteiger partial charge in [0.2, 0.25) is 5.75 Å².